The Balaban J connectivity index is 1.94. The molecule has 1 aliphatic carbocycles. The zero-order valence-corrected chi connectivity index (χ0v) is 13.9. The number of ether oxygens (including phenoxy) is 1. The van der Waals surface area contributed by atoms with Crippen molar-refractivity contribution in [1.82, 2.24) is 4.90 Å². The Morgan fingerprint density at radius 1 is 1.38 bits per heavy atom. The van der Waals surface area contributed by atoms with Gasteiger partial charge in [-0.05, 0) is 43.9 Å². The number of nitrogens with zero attached hydrogens (tertiary/aromatic N) is 1. The van der Waals surface area contributed by atoms with Gasteiger partial charge < -0.3 is 9.64 Å². The smallest absolute Gasteiger partial charge is 0.229 e. The number of rotatable bonds is 5. The van der Waals surface area contributed by atoms with Crippen molar-refractivity contribution < 1.29 is 9.53 Å². The fraction of sp³-hybridized carbons (Fsp3) is 0.833. The summed E-state index contributed by atoms with van der Waals surface area (Å²) in [6.45, 7) is 9.66. The van der Waals surface area contributed by atoms with Gasteiger partial charge >= 0.3 is 0 Å². The van der Waals surface area contributed by atoms with Gasteiger partial charge in [-0.2, -0.15) is 0 Å². The summed E-state index contributed by atoms with van der Waals surface area (Å²) < 4.78 is 5.35. The zero-order chi connectivity index (χ0) is 15.2. The van der Waals surface area contributed by atoms with Gasteiger partial charge in [0.25, 0.3) is 0 Å². The summed E-state index contributed by atoms with van der Waals surface area (Å²) in [6.07, 6.45) is 8.17. The van der Waals surface area contributed by atoms with Crippen molar-refractivity contribution >= 4 is 5.91 Å². The molecule has 0 N–H and O–H groups in total. The van der Waals surface area contributed by atoms with E-state index >= 15 is 0 Å². The number of hydrogen-bond donors (Lipinski definition) is 0. The van der Waals surface area contributed by atoms with Crippen LogP contribution in [0.3, 0.4) is 0 Å². The Labute approximate surface area is 129 Å². The molecule has 3 nitrogen and oxygen atoms in total. The van der Waals surface area contributed by atoms with Crippen molar-refractivity contribution in [1.29, 1.82) is 0 Å². The fourth-order valence-corrected chi connectivity index (χ4v) is 3.71. The SMILES string of the molecule is CC[C@H](C(=O)N1CCOCC1)C1=CC[C@@H](CC(C)C)CC1. The summed E-state index contributed by atoms with van der Waals surface area (Å²) in [5, 5.41) is 0. The largest absolute Gasteiger partial charge is 0.378 e. The third kappa shape index (κ3) is 4.57. The molecule has 0 bridgehead atoms. The second-order valence-electron chi connectivity index (χ2n) is 6.95. The molecule has 2 aliphatic rings. The van der Waals surface area contributed by atoms with Crippen molar-refractivity contribution in [3.63, 3.8) is 0 Å². The second-order valence-corrected chi connectivity index (χ2v) is 6.95. The number of allylic oxidation sites excluding steroid dienone is 1. The highest BCUT2D eigenvalue weighted by Gasteiger charge is 2.29. The van der Waals surface area contributed by atoms with E-state index in [0.29, 0.717) is 19.1 Å². The van der Waals surface area contributed by atoms with Gasteiger partial charge in [0.15, 0.2) is 0 Å². The summed E-state index contributed by atoms with van der Waals surface area (Å²) in [5.41, 5.74) is 1.40. The summed E-state index contributed by atoms with van der Waals surface area (Å²) >= 11 is 0. The Morgan fingerprint density at radius 2 is 2.10 bits per heavy atom. The Bertz CT molecular complexity index is 369. The van der Waals surface area contributed by atoms with Crippen LogP contribution < -0.4 is 0 Å². The number of hydrogen-bond acceptors (Lipinski definition) is 2. The van der Waals surface area contributed by atoms with Gasteiger partial charge in [-0.15, -0.1) is 0 Å². The molecule has 2 atom stereocenters. The molecule has 0 saturated carbocycles. The first kappa shape index (κ1) is 16.5. The van der Waals surface area contributed by atoms with Gasteiger partial charge in [0.1, 0.15) is 0 Å². The molecule has 2 rings (SSSR count). The monoisotopic (exact) mass is 293 g/mol. The van der Waals surface area contributed by atoms with Crippen LogP contribution in [0.25, 0.3) is 0 Å². The molecule has 120 valence electrons. The zero-order valence-electron chi connectivity index (χ0n) is 13.9. The average molecular weight is 293 g/mol. The summed E-state index contributed by atoms with van der Waals surface area (Å²) in [6, 6.07) is 0. The summed E-state index contributed by atoms with van der Waals surface area (Å²) in [7, 11) is 0. The van der Waals surface area contributed by atoms with Gasteiger partial charge in [0.2, 0.25) is 5.91 Å². The molecule has 0 aromatic rings. The molecular weight excluding hydrogens is 262 g/mol. The quantitative estimate of drug-likeness (QED) is 0.724. The van der Waals surface area contributed by atoms with Crippen LogP contribution in [0.2, 0.25) is 0 Å². The van der Waals surface area contributed by atoms with Gasteiger partial charge in [-0.25, -0.2) is 0 Å². The number of morpholine rings is 1. The molecule has 0 radical (unpaired) electrons. The Morgan fingerprint density at radius 3 is 2.62 bits per heavy atom. The summed E-state index contributed by atoms with van der Waals surface area (Å²) in [5.74, 6) is 2.05. The van der Waals surface area contributed by atoms with E-state index in [1.165, 1.54) is 24.8 Å². The van der Waals surface area contributed by atoms with Crippen LogP contribution in [0.4, 0.5) is 0 Å². The van der Waals surface area contributed by atoms with Gasteiger partial charge in [0.05, 0.1) is 19.1 Å². The number of carbonyl (C=O) groups excluding carboxylic acids is 1. The van der Waals surface area contributed by atoms with Crippen LogP contribution in [0.5, 0.6) is 0 Å². The highest BCUT2D eigenvalue weighted by atomic mass is 16.5. The molecule has 1 heterocycles. The van der Waals surface area contributed by atoms with Gasteiger partial charge in [-0.3, -0.25) is 4.79 Å². The number of amides is 1. The lowest BCUT2D eigenvalue weighted by Gasteiger charge is -2.33. The standard InChI is InChI=1S/C18H31NO2/c1-4-17(18(20)19-9-11-21-12-10-19)16-7-5-15(6-8-16)13-14(2)3/h7,14-15,17H,4-6,8-13H2,1-3H3/t15-,17+/m1/s1. The normalized spacial score (nSPS) is 24.9. The van der Waals surface area contributed by atoms with E-state index < -0.39 is 0 Å². The third-order valence-electron chi connectivity index (χ3n) is 4.84. The minimum atomic E-state index is 0.114. The predicted molar refractivity (Wildman–Crippen MR) is 86.1 cm³/mol. The highest BCUT2D eigenvalue weighted by molar-refractivity contribution is 5.81. The van der Waals surface area contributed by atoms with E-state index in [1.54, 1.807) is 0 Å². The van der Waals surface area contributed by atoms with Crippen LogP contribution in [-0.4, -0.2) is 37.1 Å². The molecule has 0 unspecified atom stereocenters. The van der Waals surface area contributed by atoms with Crippen molar-refractivity contribution in [3.05, 3.63) is 11.6 Å². The van der Waals surface area contributed by atoms with E-state index in [1.807, 2.05) is 4.90 Å². The van der Waals surface area contributed by atoms with E-state index in [2.05, 4.69) is 26.8 Å². The predicted octanol–water partition coefficient (Wildman–Crippen LogP) is 3.64. The molecule has 1 amide bonds. The molecule has 21 heavy (non-hydrogen) atoms. The van der Waals surface area contributed by atoms with Crippen LogP contribution in [0.1, 0.15) is 52.9 Å². The van der Waals surface area contributed by atoms with E-state index in [-0.39, 0.29) is 5.92 Å². The van der Waals surface area contributed by atoms with Crippen LogP contribution in [0, 0.1) is 17.8 Å². The van der Waals surface area contributed by atoms with Crippen molar-refractivity contribution in [2.24, 2.45) is 17.8 Å². The average Bonchev–Trinajstić information content (AvgIpc) is 2.50. The Kier molecular flexibility index (Phi) is 6.28. The highest BCUT2D eigenvalue weighted by Crippen LogP contribution is 2.33. The van der Waals surface area contributed by atoms with Crippen LogP contribution >= 0.6 is 0 Å². The molecular formula is C18H31NO2. The van der Waals surface area contributed by atoms with Gasteiger partial charge in [0, 0.05) is 13.1 Å². The first-order valence-corrected chi connectivity index (χ1v) is 8.67. The third-order valence-corrected chi connectivity index (χ3v) is 4.84. The van der Waals surface area contributed by atoms with E-state index in [9.17, 15) is 4.79 Å². The fourth-order valence-electron chi connectivity index (χ4n) is 3.71. The lowest BCUT2D eigenvalue weighted by atomic mass is 9.79. The molecule has 3 heteroatoms. The van der Waals surface area contributed by atoms with E-state index in [0.717, 1.165) is 37.8 Å². The molecule has 1 aliphatic heterocycles. The lowest BCUT2D eigenvalue weighted by Crippen LogP contribution is -2.44. The van der Waals surface area contributed by atoms with Crippen molar-refractivity contribution in [3.8, 4) is 0 Å². The first-order chi connectivity index (χ1) is 10.1. The molecule has 0 aromatic heterocycles. The first-order valence-electron chi connectivity index (χ1n) is 8.67. The molecule has 0 aromatic carbocycles. The van der Waals surface area contributed by atoms with Gasteiger partial charge in [-0.1, -0.05) is 32.4 Å². The lowest BCUT2D eigenvalue weighted by molar-refractivity contribution is -0.138. The summed E-state index contributed by atoms with van der Waals surface area (Å²) in [4.78, 5) is 14.7. The number of carbonyl (C=O) groups is 1. The van der Waals surface area contributed by atoms with E-state index in [4.69, 9.17) is 4.74 Å². The Hall–Kier alpha value is -0.830. The van der Waals surface area contributed by atoms with Crippen LogP contribution in [-0.2, 0) is 9.53 Å². The maximum Gasteiger partial charge on any atom is 0.229 e. The topological polar surface area (TPSA) is 29.5 Å². The minimum Gasteiger partial charge on any atom is -0.378 e. The molecule has 1 fully saturated rings. The maximum absolute atomic E-state index is 12.7. The molecule has 0 spiro atoms. The minimum absolute atomic E-state index is 0.114. The second kappa shape index (κ2) is 7.98. The van der Waals surface area contributed by atoms with Crippen LogP contribution in [0.15, 0.2) is 11.6 Å². The van der Waals surface area contributed by atoms with Crippen molar-refractivity contribution in [2.45, 2.75) is 52.9 Å². The maximum atomic E-state index is 12.7. The van der Waals surface area contributed by atoms with Crippen molar-refractivity contribution in [2.75, 3.05) is 26.3 Å². The molecule has 1 saturated heterocycles.